The van der Waals surface area contributed by atoms with E-state index >= 15 is 0 Å². The number of ether oxygens (including phenoxy) is 2. The molecule has 0 heterocycles. The number of alkyl carbamates (subject to hydrolysis) is 1. The summed E-state index contributed by atoms with van der Waals surface area (Å²) in [5, 5.41) is 5.49. The van der Waals surface area contributed by atoms with Gasteiger partial charge in [-0.1, -0.05) is 48.5 Å². The van der Waals surface area contributed by atoms with Crippen LogP contribution in [-0.2, 0) is 35.1 Å². The molecule has 0 aromatic heterocycles. The molecule has 2 aromatic rings. The van der Waals surface area contributed by atoms with Gasteiger partial charge in [0.05, 0.1) is 0 Å². The van der Waals surface area contributed by atoms with E-state index in [0.717, 1.165) is 16.7 Å². The molecular weight excluding hydrogens is 600 g/mol. The van der Waals surface area contributed by atoms with E-state index in [1.807, 2.05) is 62.4 Å². The van der Waals surface area contributed by atoms with Crippen molar-refractivity contribution in [1.82, 2.24) is 15.5 Å². The van der Waals surface area contributed by atoms with Gasteiger partial charge in [0, 0.05) is 18.9 Å². The van der Waals surface area contributed by atoms with Gasteiger partial charge in [-0.05, 0) is 97.9 Å². The molecule has 0 aliphatic heterocycles. The number of nitrogens with two attached hydrogens (primary N) is 1. The summed E-state index contributed by atoms with van der Waals surface area (Å²) in [6.45, 7) is 17.5. The largest absolute Gasteiger partial charge is 0.458 e. The van der Waals surface area contributed by atoms with Crippen LogP contribution in [-0.4, -0.2) is 64.0 Å². The SMILES string of the molecule is Cc1cccc(C)c1C(C(=O)NC(Cc1ccccc1)C(=O)OC(C)(C)C)N(C(=O)C(CCC(N)=O)NC(=O)OC(C)(C)C)C(C)C. The summed E-state index contributed by atoms with van der Waals surface area (Å²) in [6.07, 6.45) is -1.02. The van der Waals surface area contributed by atoms with Crippen LogP contribution in [0.2, 0.25) is 0 Å². The minimum absolute atomic E-state index is 0.119. The lowest BCUT2D eigenvalue weighted by Gasteiger charge is -2.39. The zero-order valence-electron chi connectivity index (χ0n) is 29.4. The number of carbonyl (C=O) groups is 5. The summed E-state index contributed by atoms with van der Waals surface area (Å²) in [5.74, 6) is -2.51. The average molecular weight is 653 g/mol. The van der Waals surface area contributed by atoms with Gasteiger partial charge in [-0.15, -0.1) is 0 Å². The number of rotatable bonds is 13. The maximum absolute atomic E-state index is 14.6. The van der Waals surface area contributed by atoms with Gasteiger partial charge in [0.25, 0.3) is 0 Å². The first-order valence-electron chi connectivity index (χ1n) is 15.9. The molecule has 3 atom stereocenters. The minimum Gasteiger partial charge on any atom is -0.458 e. The van der Waals surface area contributed by atoms with Crippen LogP contribution < -0.4 is 16.4 Å². The molecule has 0 spiro atoms. The van der Waals surface area contributed by atoms with E-state index < -0.39 is 65.2 Å². The standard InChI is InChI=1S/C36H52N4O7/c1-22(2)40(32(43)26(19-20-28(37)41)39-34(45)47-36(8,9)10)30(29-23(3)15-14-16-24(29)4)31(42)38-27(33(44)46-35(5,6)7)21-25-17-12-11-13-18-25/h11-18,22,26-27,30H,19-21H2,1-10H3,(H2,37,41)(H,38,42)(H,39,45). The van der Waals surface area contributed by atoms with E-state index in [4.69, 9.17) is 15.2 Å². The van der Waals surface area contributed by atoms with E-state index in [9.17, 15) is 24.0 Å². The molecule has 47 heavy (non-hydrogen) atoms. The Morgan fingerprint density at radius 2 is 1.34 bits per heavy atom. The number of esters is 1. The second-order valence-corrected chi connectivity index (χ2v) is 14.0. The maximum Gasteiger partial charge on any atom is 0.408 e. The number of hydrogen-bond donors (Lipinski definition) is 3. The first kappa shape index (κ1) is 38.8. The van der Waals surface area contributed by atoms with Crippen molar-refractivity contribution in [3.05, 3.63) is 70.8 Å². The molecule has 11 heteroatoms. The number of benzene rings is 2. The van der Waals surface area contributed by atoms with Crippen molar-refractivity contribution >= 4 is 29.8 Å². The lowest BCUT2D eigenvalue weighted by atomic mass is 9.92. The molecule has 2 rings (SSSR count). The predicted octanol–water partition coefficient (Wildman–Crippen LogP) is 4.81. The van der Waals surface area contributed by atoms with Crippen molar-refractivity contribution in [3.63, 3.8) is 0 Å². The molecule has 0 radical (unpaired) electrons. The van der Waals surface area contributed by atoms with Gasteiger partial charge in [-0.25, -0.2) is 9.59 Å². The summed E-state index contributed by atoms with van der Waals surface area (Å²) in [6, 6.07) is 10.6. The second kappa shape index (κ2) is 16.4. The van der Waals surface area contributed by atoms with Gasteiger partial charge < -0.3 is 30.7 Å². The van der Waals surface area contributed by atoms with Crippen LogP contribution in [0.25, 0.3) is 0 Å². The normalized spacial score (nSPS) is 13.6. The maximum atomic E-state index is 14.6. The Labute approximate surface area is 278 Å². The van der Waals surface area contributed by atoms with Crippen LogP contribution in [0.5, 0.6) is 0 Å². The Kier molecular flexibility index (Phi) is 13.5. The fourth-order valence-electron chi connectivity index (χ4n) is 5.18. The van der Waals surface area contributed by atoms with Crippen molar-refractivity contribution in [2.24, 2.45) is 5.73 Å². The van der Waals surface area contributed by atoms with E-state index in [-0.39, 0.29) is 19.3 Å². The lowest BCUT2D eigenvalue weighted by Crippen LogP contribution is -2.57. The molecule has 0 saturated heterocycles. The third kappa shape index (κ3) is 12.4. The smallest absolute Gasteiger partial charge is 0.408 e. The van der Waals surface area contributed by atoms with Crippen molar-refractivity contribution in [3.8, 4) is 0 Å². The van der Waals surface area contributed by atoms with Gasteiger partial charge in [-0.2, -0.15) is 0 Å². The minimum atomic E-state index is -1.25. The number of nitrogens with zero attached hydrogens (tertiary/aromatic N) is 1. The summed E-state index contributed by atoms with van der Waals surface area (Å²) in [4.78, 5) is 68.5. The second-order valence-electron chi connectivity index (χ2n) is 14.0. The number of aryl methyl sites for hydroxylation is 2. The molecule has 0 bridgehead atoms. The van der Waals surface area contributed by atoms with Crippen molar-refractivity contribution < 1.29 is 33.4 Å². The zero-order valence-corrected chi connectivity index (χ0v) is 29.4. The monoisotopic (exact) mass is 652 g/mol. The van der Waals surface area contributed by atoms with Gasteiger partial charge in [0.15, 0.2) is 0 Å². The zero-order chi connectivity index (χ0) is 35.7. The number of nitrogens with one attached hydrogen (secondary N) is 2. The molecule has 2 aromatic carbocycles. The molecule has 0 aliphatic rings. The quantitative estimate of drug-likeness (QED) is 0.262. The fraction of sp³-hybridized carbons (Fsp3) is 0.528. The topological polar surface area (TPSA) is 157 Å². The molecule has 3 unspecified atom stereocenters. The van der Waals surface area contributed by atoms with E-state index in [1.54, 1.807) is 55.4 Å². The van der Waals surface area contributed by atoms with E-state index in [0.29, 0.717) is 5.56 Å². The molecule has 4 amide bonds. The van der Waals surface area contributed by atoms with Crippen LogP contribution in [0.4, 0.5) is 4.79 Å². The van der Waals surface area contributed by atoms with Crippen molar-refractivity contribution in [2.45, 2.75) is 124 Å². The predicted molar refractivity (Wildman–Crippen MR) is 180 cm³/mol. The number of amides is 4. The Morgan fingerprint density at radius 3 is 1.83 bits per heavy atom. The van der Waals surface area contributed by atoms with Gasteiger partial charge in [-0.3, -0.25) is 14.4 Å². The number of hydrogen-bond acceptors (Lipinski definition) is 7. The van der Waals surface area contributed by atoms with Gasteiger partial charge in [0.1, 0.15) is 29.3 Å². The average Bonchev–Trinajstić information content (AvgIpc) is 2.92. The third-order valence-electron chi connectivity index (χ3n) is 7.11. The summed E-state index contributed by atoms with van der Waals surface area (Å²) < 4.78 is 11.1. The molecule has 0 saturated carbocycles. The summed E-state index contributed by atoms with van der Waals surface area (Å²) in [7, 11) is 0. The van der Waals surface area contributed by atoms with Crippen LogP contribution in [0.3, 0.4) is 0 Å². The number of carbonyl (C=O) groups excluding carboxylic acids is 5. The highest BCUT2D eigenvalue weighted by Gasteiger charge is 2.40. The number of primary amides is 1. The Hall–Kier alpha value is -4.41. The van der Waals surface area contributed by atoms with Crippen LogP contribution in [0.1, 0.15) is 96.5 Å². The van der Waals surface area contributed by atoms with E-state index in [1.165, 1.54) is 4.90 Å². The van der Waals surface area contributed by atoms with Crippen molar-refractivity contribution in [2.75, 3.05) is 0 Å². The Bertz CT molecular complexity index is 1390. The Balaban J connectivity index is 2.67. The first-order chi connectivity index (χ1) is 21.7. The van der Waals surface area contributed by atoms with Crippen molar-refractivity contribution in [1.29, 1.82) is 0 Å². The molecule has 0 aliphatic carbocycles. The lowest BCUT2D eigenvalue weighted by molar-refractivity contribution is -0.159. The molecule has 258 valence electrons. The fourth-order valence-corrected chi connectivity index (χ4v) is 5.18. The summed E-state index contributed by atoms with van der Waals surface area (Å²) >= 11 is 0. The highest BCUT2D eigenvalue weighted by Crippen LogP contribution is 2.31. The van der Waals surface area contributed by atoms with Crippen LogP contribution >= 0.6 is 0 Å². The van der Waals surface area contributed by atoms with Crippen LogP contribution in [0.15, 0.2) is 48.5 Å². The molecule has 0 fully saturated rings. The third-order valence-corrected chi connectivity index (χ3v) is 7.11. The first-order valence-corrected chi connectivity index (χ1v) is 15.9. The molecule has 11 nitrogen and oxygen atoms in total. The Morgan fingerprint density at radius 1 is 0.787 bits per heavy atom. The highest BCUT2D eigenvalue weighted by molar-refractivity contribution is 5.94. The van der Waals surface area contributed by atoms with E-state index in [2.05, 4.69) is 10.6 Å². The highest BCUT2D eigenvalue weighted by atomic mass is 16.6. The molecular formula is C36H52N4O7. The summed E-state index contributed by atoms with van der Waals surface area (Å²) in [5.41, 5.74) is 6.62. The van der Waals surface area contributed by atoms with Gasteiger partial charge in [0.2, 0.25) is 17.7 Å². The van der Waals surface area contributed by atoms with Gasteiger partial charge >= 0.3 is 12.1 Å². The molecule has 4 N–H and O–H groups in total. The van der Waals surface area contributed by atoms with Crippen LogP contribution in [0, 0.1) is 13.8 Å².